The van der Waals surface area contributed by atoms with Gasteiger partial charge in [0.2, 0.25) is 5.95 Å². The number of rotatable bonds is 4. The third kappa shape index (κ3) is 2.80. The summed E-state index contributed by atoms with van der Waals surface area (Å²) in [5, 5.41) is 3.30. The average Bonchev–Trinajstić information content (AvgIpc) is 2.76. The smallest absolute Gasteiger partial charge is 0.226 e. The maximum absolute atomic E-state index is 5.58. The van der Waals surface area contributed by atoms with E-state index in [4.69, 9.17) is 4.42 Å². The maximum Gasteiger partial charge on any atom is 0.226 e. The van der Waals surface area contributed by atoms with E-state index in [0.717, 1.165) is 17.3 Å². The number of nitrogens with zero attached hydrogens (tertiary/aromatic N) is 3. The second-order valence-electron chi connectivity index (χ2n) is 4.45. The Morgan fingerprint density at radius 1 is 1.28 bits per heavy atom. The predicted molar refractivity (Wildman–Crippen MR) is 71.8 cm³/mol. The number of aromatic nitrogens is 2. The van der Waals surface area contributed by atoms with Gasteiger partial charge in [-0.2, -0.15) is 4.98 Å². The lowest BCUT2D eigenvalue weighted by atomic mass is 10.2. The number of aryl methyl sites for hydroxylation is 1. The molecule has 0 aliphatic rings. The van der Waals surface area contributed by atoms with E-state index >= 15 is 0 Å². The third-order valence-electron chi connectivity index (χ3n) is 2.60. The van der Waals surface area contributed by atoms with Crippen LogP contribution in [0.4, 0.5) is 11.8 Å². The summed E-state index contributed by atoms with van der Waals surface area (Å²) in [4.78, 5) is 10.4. The fourth-order valence-corrected chi connectivity index (χ4v) is 1.62. The minimum absolute atomic E-state index is 0.0728. The zero-order chi connectivity index (χ0) is 13.1. The maximum atomic E-state index is 5.58. The quantitative estimate of drug-likeness (QED) is 0.898. The predicted octanol–water partition coefficient (Wildman–Crippen LogP) is 2.62. The highest BCUT2D eigenvalue weighted by molar-refractivity contribution is 5.41. The molecule has 5 heteroatoms. The molecule has 0 saturated heterocycles. The van der Waals surface area contributed by atoms with Crippen molar-refractivity contribution in [3.8, 4) is 0 Å². The molecule has 0 aromatic carbocycles. The van der Waals surface area contributed by atoms with Crippen molar-refractivity contribution in [2.24, 2.45) is 0 Å². The molecule has 0 amide bonds. The molecular weight excluding hydrogens is 228 g/mol. The molecule has 0 aliphatic carbocycles. The van der Waals surface area contributed by atoms with Crippen LogP contribution >= 0.6 is 0 Å². The molecule has 1 atom stereocenters. The molecule has 2 rings (SSSR count). The third-order valence-corrected chi connectivity index (χ3v) is 2.60. The van der Waals surface area contributed by atoms with Crippen molar-refractivity contribution in [3.05, 3.63) is 35.9 Å². The molecule has 0 fully saturated rings. The van der Waals surface area contributed by atoms with Gasteiger partial charge in [-0.1, -0.05) is 0 Å². The summed E-state index contributed by atoms with van der Waals surface area (Å²) in [6.07, 6.45) is 1.74. The second kappa shape index (κ2) is 5.08. The van der Waals surface area contributed by atoms with Crippen molar-refractivity contribution in [2.75, 3.05) is 24.3 Å². The van der Waals surface area contributed by atoms with Gasteiger partial charge in [0, 0.05) is 20.3 Å². The van der Waals surface area contributed by atoms with E-state index in [1.807, 2.05) is 51.0 Å². The van der Waals surface area contributed by atoms with E-state index in [2.05, 4.69) is 15.3 Å². The fourth-order valence-electron chi connectivity index (χ4n) is 1.62. The van der Waals surface area contributed by atoms with Crippen LogP contribution in [-0.4, -0.2) is 24.1 Å². The molecule has 0 aliphatic heterocycles. The SMILES string of the molecule is Cc1ccc(C(C)Nc2ccnc(N(C)C)n2)o1. The van der Waals surface area contributed by atoms with E-state index < -0.39 is 0 Å². The second-order valence-corrected chi connectivity index (χ2v) is 4.45. The first-order valence-corrected chi connectivity index (χ1v) is 5.89. The summed E-state index contributed by atoms with van der Waals surface area (Å²) in [7, 11) is 3.83. The Bertz CT molecular complexity index is 521. The lowest BCUT2D eigenvalue weighted by molar-refractivity contribution is 0.466. The van der Waals surface area contributed by atoms with Gasteiger partial charge in [-0.3, -0.25) is 0 Å². The lowest BCUT2D eigenvalue weighted by Gasteiger charge is -2.14. The minimum atomic E-state index is 0.0728. The molecule has 1 unspecified atom stereocenters. The molecule has 96 valence electrons. The minimum Gasteiger partial charge on any atom is -0.464 e. The van der Waals surface area contributed by atoms with Crippen molar-refractivity contribution in [1.29, 1.82) is 0 Å². The molecule has 2 aromatic heterocycles. The largest absolute Gasteiger partial charge is 0.464 e. The summed E-state index contributed by atoms with van der Waals surface area (Å²) in [6, 6.07) is 5.85. The molecule has 2 aromatic rings. The van der Waals surface area contributed by atoms with Crippen molar-refractivity contribution >= 4 is 11.8 Å². The molecule has 0 saturated carbocycles. The first-order valence-electron chi connectivity index (χ1n) is 5.89. The lowest BCUT2D eigenvalue weighted by Crippen LogP contribution is -2.14. The molecule has 0 spiro atoms. The van der Waals surface area contributed by atoms with Gasteiger partial charge in [-0.05, 0) is 32.0 Å². The highest BCUT2D eigenvalue weighted by Gasteiger charge is 2.10. The van der Waals surface area contributed by atoms with E-state index in [9.17, 15) is 0 Å². The zero-order valence-electron chi connectivity index (χ0n) is 11.1. The van der Waals surface area contributed by atoms with Crippen LogP contribution in [0.25, 0.3) is 0 Å². The monoisotopic (exact) mass is 246 g/mol. The van der Waals surface area contributed by atoms with E-state index in [-0.39, 0.29) is 6.04 Å². The highest BCUT2D eigenvalue weighted by atomic mass is 16.3. The molecule has 2 heterocycles. The first kappa shape index (κ1) is 12.4. The van der Waals surface area contributed by atoms with E-state index in [1.165, 1.54) is 0 Å². The van der Waals surface area contributed by atoms with E-state index in [1.54, 1.807) is 6.20 Å². The van der Waals surface area contributed by atoms with Gasteiger partial charge in [0.25, 0.3) is 0 Å². The molecular formula is C13H18N4O. The Balaban J connectivity index is 2.11. The normalized spacial score (nSPS) is 12.2. The summed E-state index contributed by atoms with van der Waals surface area (Å²) in [5.74, 6) is 3.28. The Morgan fingerprint density at radius 2 is 2.06 bits per heavy atom. The molecule has 1 N–H and O–H groups in total. The Morgan fingerprint density at radius 3 is 2.67 bits per heavy atom. The number of hydrogen-bond donors (Lipinski definition) is 1. The van der Waals surface area contributed by atoms with Crippen LogP contribution in [0.15, 0.2) is 28.8 Å². The van der Waals surface area contributed by atoms with Gasteiger partial charge >= 0.3 is 0 Å². The number of anilines is 2. The summed E-state index contributed by atoms with van der Waals surface area (Å²) < 4.78 is 5.58. The van der Waals surface area contributed by atoms with Gasteiger partial charge in [0.1, 0.15) is 17.3 Å². The van der Waals surface area contributed by atoms with Crippen LogP contribution < -0.4 is 10.2 Å². The summed E-state index contributed by atoms with van der Waals surface area (Å²) in [6.45, 7) is 3.97. The van der Waals surface area contributed by atoms with Gasteiger partial charge < -0.3 is 14.6 Å². The van der Waals surface area contributed by atoms with Crippen molar-refractivity contribution in [3.63, 3.8) is 0 Å². The van der Waals surface area contributed by atoms with Crippen LogP contribution in [-0.2, 0) is 0 Å². The summed E-state index contributed by atoms with van der Waals surface area (Å²) >= 11 is 0. The molecule has 18 heavy (non-hydrogen) atoms. The van der Waals surface area contributed by atoms with Gasteiger partial charge in [0.15, 0.2) is 0 Å². The number of hydrogen-bond acceptors (Lipinski definition) is 5. The Kier molecular flexibility index (Phi) is 3.50. The molecule has 0 bridgehead atoms. The van der Waals surface area contributed by atoms with Crippen molar-refractivity contribution in [1.82, 2.24) is 9.97 Å². The van der Waals surface area contributed by atoms with Crippen LogP contribution in [0.3, 0.4) is 0 Å². The zero-order valence-corrected chi connectivity index (χ0v) is 11.1. The van der Waals surface area contributed by atoms with Crippen LogP contribution in [0.2, 0.25) is 0 Å². The number of furan rings is 1. The van der Waals surface area contributed by atoms with E-state index in [0.29, 0.717) is 5.95 Å². The first-order chi connectivity index (χ1) is 8.56. The topological polar surface area (TPSA) is 54.2 Å². The van der Waals surface area contributed by atoms with Gasteiger partial charge in [-0.25, -0.2) is 4.98 Å². The van der Waals surface area contributed by atoms with Crippen molar-refractivity contribution < 1.29 is 4.42 Å². The van der Waals surface area contributed by atoms with Crippen molar-refractivity contribution in [2.45, 2.75) is 19.9 Å². The van der Waals surface area contributed by atoms with Gasteiger partial charge in [0.05, 0.1) is 6.04 Å². The molecule has 0 radical (unpaired) electrons. The fraction of sp³-hybridized carbons (Fsp3) is 0.385. The number of nitrogens with one attached hydrogen (secondary N) is 1. The Hall–Kier alpha value is -2.04. The molecule has 5 nitrogen and oxygen atoms in total. The van der Waals surface area contributed by atoms with Gasteiger partial charge in [-0.15, -0.1) is 0 Å². The van der Waals surface area contributed by atoms with Crippen LogP contribution in [0.1, 0.15) is 24.5 Å². The van der Waals surface area contributed by atoms with Crippen LogP contribution in [0, 0.1) is 6.92 Å². The Labute approximate surface area is 107 Å². The van der Waals surface area contributed by atoms with Crippen LogP contribution in [0.5, 0.6) is 0 Å². The summed E-state index contributed by atoms with van der Waals surface area (Å²) in [5.41, 5.74) is 0. The average molecular weight is 246 g/mol. The standard InChI is InChI=1S/C13H18N4O/c1-9-5-6-11(18-9)10(2)15-12-7-8-14-13(16-12)17(3)4/h5-8,10H,1-4H3,(H,14,15,16). The highest BCUT2D eigenvalue weighted by Crippen LogP contribution is 2.20.